The average Bonchev–Trinajstić information content (AvgIpc) is 3.02. The van der Waals surface area contributed by atoms with Crippen LogP contribution in [0.2, 0.25) is 5.02 Å². The highest BCUT2D eigenvalue weighted by molar-refractivity contribution is 6.31. The summed E-state index contributed by atoms with van der Waals surface area (Å²) in [6, 6.07) is 12.3. The van der Waals surface area contributed by atoms with Crippen molar-refractivity contribution in [2.45, 2.75) is 85.6 Å². The van der Waals surface area contributed by atoms with Crippen LogP contribution in [0.25, 0.3) is 6.08 Å². The number of cyclic esters (lactones) is 2. The largest absolute Gasteiger partial charge is 0.459 e. The molecule has 4 N–H and O–H groups in total. The number of ether oxygens (including phenoxy) is 2. The van der Waals surface area contributed by atoms with E-state index in [1.807, 2.05) is 76.2 Å². The highest BCUT2D eigenvalue weighted by atomic mass is 35.5. The molecule has 1 aliphatic heterocycles. The summed E-state index contributed by atoms with van der Waals surface area (Å²) >= 11 is 6.32. The van der Waals surface area contributed by atoms with E-state index in [1.165, 1.54) is 6.08 Å². The molecule has 3 rings (SSSR count). The number of rotatable bonds is 8. The van der Waals surface area contributed by atoms with Crippen molar-refractivity contribution >= 4 is 41.4 Å². The van der Waals surface area contributed by atoms with E-state index in [0.29, 0.717) is 11.6 Å². The molecule has 0 aromatic heterocycles. The minimum atomic E-state index is -1.18. The molecule has 0 saturated carbocycles. The Kier molecular flexibility index (Phi) is 13.8. The number of amides is 2. The van der Waals surface area contributed by atoms with Gasteiger partial charge in [-0.2, -0.15) is 0 Å². The van der Waals surface area contributed by atoms with E-state index >= 15 is 0 Å². The van der Waals surface area contributed by atoms with Gasteiger partial charge in [0.2, 0.25) is 11.8 Å². The highest BCUT2D eigenvalue weighted by Crippen LogP contribution is 2.24. The van der Waals surface area contributed by atoms with Crippen LogP contribution in [0.15, 0.2) is 60.7 Å². The maximum atomic E-state index is 13.5. The molecule has 0 spiro atoms. The Morgan fingerprint density at radius 2 is 1.70 bits per heavy atom. The first kappa shape index (κ1) is 37.5. The van der Waals surface area contributed by atoms with Crippen molar-refractivity contribution in [3.05, 3.63) is 88.0 Å². The van der Waals surface area contributed by atoms with Crippen LogP contribution < -0.4 is 16.4 Å². The van der Waals surface area contributed by atoms with Gasteiger partial charge in [0.05, 0.1) is 5.41 Å². The Bertz CT molecular complexity index is 1470. The minimum Gasteiger partial charge on any atom is -0.459 e. The zero-order chi connectivity index (χ0) is 34.7. The van der Waals surface area contributed by atoms with Crippen molar-refractivity contribution in [3.8, 4) is 0 Å². The summed E-state index contributed by atoms with van der Waals surface area (Å²) in [6.45, 7) is 11.3. The van der Waals surface area contributed by atoms with Crippen molar-refractivity contribution in [2.75, 3.05) is 6.54 Å². The Morgan fingerprint density at radius 1 is 1.02 bits per heavy atom. The number of carbonyl (C=O) groups excluding carboxylic acids is 4. The van der Waals surface area contributed by atoms with Crippen LogP contribution in [0.5, 0.6) is 0 Å². The number of hydrogen-bond donors (Lipinski definition) is 3. The average molecular weight is 666 g/mol. The van der Waals surface area contributed by atoms with Crippen molar-refractivity contribution < 1.29 is 28.7 Å². The van der Waals surface area contributed by atoms with Crippen LogP contribution >= 0.6 is 11.6 Å². The van der Waals surface area contributed by atoms with E-state index in [1.54, 1.807) is 26.0 Å². The monoisotopic (exact) mass is 665 g/mol. The van der Waals surface area contributed by atoms with Gasteiger partial charge in [-0.3, -0.25) is 14.4 Å². The fourth-order valence-electron chi connectivity index (χ4n) is 4.90. The van der Waals surface area contributed by atoms with E-state index < -0.39 is 47.4 Å². The van der Waals surface area contributed by atoms with Crippen molar-refractivity contribution in [2.24, 2.45) is 23.0 Å². The van der Waals surface area contributed by atoms with Gasteiger partial charge in [0, 0.05) is 36.9 Å². The molecule has 2 aromatic rings. The molecule has 2 aromatic carbocycles. The molecular weight excluding hydrogens is 618 g/mol. The maximum absolute atomic E-state index is 13.5. The molecule has 0 aliphatic carbocycles. The molecule has 1 heterocycles. The summed E-state index contributed by atoms with van der Waals surface area (Å²) < 4.78 is 11.8. The Morgan fingerprint density at radius 3 is 2.34 bits per heavy atom. The third-order valence-electron chi connectivity index (χ3n) is 8.06. The van der Waals surface area contributed by atoms with E-state index in [9.17, 15) is 19.2 Å². The number of benzene rings is 2. The van der Waals surface area contributed by atoms with Crippen LogP contribution in [0.4, 0.5) is 0 Å². The molecule has 0 fully saturated rings. The number of esters is 2. The van der Waals surface area contributed by atoms with Crippen molar-refractivity contribution in [1.29, 1.82) is 0 Å². The number of hydrogen-bond acceptors (Lipinski definition) is 7. The molecule has 0 saturated heterocycles. The fourth-order valence-corrected chi connectivity index (χ4v) is 5.10. The SMILES string of the molecule is Cc1ccc(CC2NC(=O)/C=C/CC(C(C)/C=C/c3ccc(CN)cc3)OC(=O)C(CC(C)C)OC(=O)C(C)(C)CNC2=O)cc1Cl. The van der Waals surface area contributed by atoms with Gasteiger partial charge in [0.25, 0.3) is 0 Å². The number of halogens is 1. The van der Waals surface area contributed by atoms with Gasteiger partial charge < -0.3 is 25.8 Å². The molecule has 10 heteroatoms. The predicted molar refractivity (Wildman–Crippen MR) is 184 cm³/mol. The Labute approximate surface area is 283 Å². The van der Waals surface area contributed by atoms with E-state index in [2.05, 4.69) is 10.6 Å². The first-order valence-electron chi connectivity index (χ1n) is 16.1. The van der Waals surface area contributed by atoms with Gasteiger partial charge in [-0.25, -0.2) is 4.79 Å². The lowest BCUT2D eigenvalue weighted by Gasteiger charge is -2.29. The van der Waals surface area contributed by atoms with Gasteiger partial charge in [0.1, 0.15) is 12.1 Å². The third-order valence-corrected chi connectivity index (χ3v) is 8.47. The molecule has 4 atom stereocenters. The number of carbonyl (C=O) groups is 4. The molecule has 4 unspecified atom stereocenters. The normalized spacial score (nSPS) is 22.7. The second-order valence-electron chi connectivity index (χ2n) is 13.3. The second kappa shape index (κ2) is 17.3. The van der Waals surface area contributed by atoms with Crippen molar-refractivity contribution in [3.63, 3.8) is 0 Å². The number of nitrogens with two attached hydrogens (primary N) is 1. The third kappa shape index (κ3) is 11.7. The summed E-state index contributed by atoms with van der Waals surface area (Å²) in [5.74, 6) is -2.50. The molecule has 1 aliphatic rings. The van der Waals surface area contributed by atoms with Crippen molar-refractivity contribution in [1.82, 2.24) is 10.6 Å². The summed E-state index contributed by atoms with van der Waals surface area (Å²) in [5, 5.41) is 6.12. The second-order valence-corrected chi connectivity index (χ2v) is 13.7. The lowest BCUT2D eigenvalue weighted by Crippen LogP contribution is -2.51. The number of nitrogens with one attached hydrogen (secondary N) is 2. The lowest BCUT2D eigenvalue weighted by atomic mass is 9.93. The minimum absolute atomic E-state index is 0.0284. The van der Waals surface area contributed by atoms with Crippen LogP contribution in [0.1, 0.15) is 69.7 Å². The molecule has 254 valence electrons. The van der Waals surface area contributed by atoms with Crippen LogP contribution in [-0.4, -0.2) is 48.5 Å². The van der Waals surface area contributed by atoms with E-state index in [4.69, 9.17) is 26.8 Å². The highest BCUT2D eigenvalue weighted by Gasteiger charge is 2.37. The molecule has 47 heavy (non-hydrogen) atoms. The molecule has 2 amide bonds. The van der Waals surface area contributed by atoms with Gasteiger partial charge in [0.15, 0.2) is 6.10 Å². The summed E-state index contributed by atoms with van der Waals surface area (Å²) in [7, 11) is 0. The van der Waals surface area contributed by atoms with Gasteiger partial charge in [-0.1, -0.05) is 87.0 Å². The summed E-state index contributed by atoms with van der Waals surface area (Å²) in [5.41, 5.74) is 8.16. The predicted octanol–water partition coefficient (Wildman–Crippen LogP) is 5.46. The van der Waals surface area contributed by atoms with Gasteiger partial charge >= 0.3 is 11.9 Å². The first-order chi connectivity index (χ1) is 22.2. The zero-order valence-electron chi connectivity index (χ0n) is 28.2. The Hall–Kier alpha value is -3.95. The van der Waals surface area contributed by atoms with Crippen LogP contribution in [0, 0.1) is 24.2 Å². The van der Waals surface area contributed by atoms with Gasteiger partial charge in [-0.15, -0.1) is 0 Å². The lowest BCUT2D eigenvalue weighted by molar-refractivity contribution is -0.178. The standard InChI is InChI=1S/C37H48ClN3O6/c1-23(2)18-32-35(44)46-31(25(4)11-12-26-14-16-27(21-39)17-15-26)8-7-9-33(42)41-30(20-28-13-10-24(3)29(38)19-28)34(43)40-22-37(5,6)36(45)47-32/h7,9-17,19,23,25,30-32H,8,18,20-22,39H2,1-6H3,(H,40,43)(H,41,42)/b9-7+,12-11+. The van der Waals surface area contributed by atoms with E-state index in [0.717, 1.165) is 22.3 Å². The van der Waals surface area contributed by atoms with Crippen LogP contribution in [-0.2, 0) is 41.6 Å². The molecule has 0 bridgehead atoms. The quantitative estimate of drug-likeness (QED) is 0.319. The van der Waals surface area contributed by atoms with E-state index in [-0.39, 0.29) is 37.6 Å². The summed E-state index contributed by atoms with van der Waals surface area (Å²) in [4.78, 5) is 53.4. The fraction of sp³-hybridized carbons (Fsp3) is 0.459. The van der Waals surface area contributed by atoms with Crippen LogP contribution in [0.3, 0.4) is 0 Å². The molecule has 9 nitrogen and oxygen atoms in total. The van der Waals surface area contributed by atoms with Gasteiger partial charge in [-0.05, 0) is 67.5 Å². The Balaban J connectivity index is 1.93. The molecular formula is C37H48ClN3O6. The zero-order valence-corrected chi connectivity index (χ0v) is 28.9. The smallest absolute Gasteiger partial charge is 0.347 e. The maximum Gasteiger partial charge on any atom is 0.347 e. The number of aryl methyl sites for hydroxylation is 1. The topological polar surface area (TPSA) is 137 Å². The molecule has 0 radical (unpaired) electrons. The first-order valence-corrected chi connectivity index (χ1v) is 16.4. The summed E-state index contributed by atoms with van der Waals surface area (Å²) in [6.07, 6.45) is 5.65.